The Morgan fingerprint density at radius 2 is 1.86 bits per heavy atom. The minimum absolute atomic E-state index is 0.0190. The number of methoxy groups -OCH3 is 1. The number of aromatic nitrogens is 2. The standard InChI is InChI=1S/C27H22BrN3O4/c1-16(2)34-22-12-11-18(28)13-17(22)15-29-31-26(30-21-8-5-4-7-19(21)27(31)32)25-14-20-23(33-3)9-6-10-24(20)35-25/h4-16H,1-3H3. The third-order valence-electron chi connectivity index (χ3n) is 5.36. The molecule has 0 amide bonds. The van der Waals surface area contributed by atoms with Gasteiger partial charge in [0, 0.05) is 10.0 Å². The van der Waals surface area contributed by atoms with E-state index in [0.29, 0.717) is 39.3 Å². The highest BCUT2D eigenvalue weighted by atomic mass is 79.9. The number of hydrogen-bond acceptors (Lipinski definition) is 6. The predicted molar refractivity (Wildman–Crippen MR) is 141 cm³/mol. The van der Waals surface area contributed by atoms with E-state index in [0.717, 1.165) is 9.86 Å². The minimum Gasteiger partial charge on any atom is -0.496 e. The van der Waals surface area contributed by atoms with E-state index in [4.69, 9.17) is 18.9 Å². The number of rotatable bonds is 6. The van der Waals surface area contributed by atoms with Crippen LogP contribution in [0, 0.1) is 0 Å². The van der Waals surface area contributed by atoms with Crippen LogP contribution in [0.1, 0.15) is 19.4 Å². The second-order valence-electron chi connectivity index (χ2n) is 8.15. The van der Waals surface area contributed by atoms with Crippen molar-refractivity contribution in [1.29, 1.82) is 0 Å². The fraction of sp³-hybridized carbons (Fsp3) is 0.148. The van der Waals surface area contributed by atoms with Crippen molar-refractivity contribution in [3.8, 4) is 23.1 Å². The Kier molecular flexibility index (Phi) is 6.13. The number of halogens is 1. The van der Waals surface area contributed by atoms with E-state index in [2.05, 4.69) is 21.0 Å². The molecule has 0 aliphatic rings. The van der Waals surface area contributed by atoms with Crippen molar-refractivity contribution in [2.45, 2.75) is 20.0 Å². The third-order valence-corrected chi connectivity index (χ3v) is 5.86. The van der Waals surface area contributed by atoms with Gasteiger partial charge in [0.05, 0.1) is 35.7 Å². The molecule has 0 bridgehead atoms. The van der Waals surface area contributed by atoms with E-state index < -0.39 is 0 Å². The monoisotopic (exact) mass is 531 g/mol. The van der Waals surface area contributed by atoms with Gasteiger partial charge >= 0.3 is 0 Å². The minimum atomic E-state index is -0.310. The zero-order chi connectivity index (χ0) is 24.5. The molecule has 2 aromatic heterocycles. The lowest BCUT2D eigenvalue weighted by Gasteiger charge is -2.12. The van der Waals surface area contributed by atoms with E-state index >= 15 is 0 Å². The maximum Gasteiger partial charge on any atom is 0.282 e. The first kappa shape index (κ1) is 22.9. The number of nitrogens with zero attached hydrogens (tertiary/aromatic N) is 3. The van der Waals surface area contributed by atoms with Crippen molar-refractivity contribution in [2.75, 3.05) is 7.11 Å². The number of ether oxygens (including phenoxy) is 2. The summed E-state index contributed by atoms with van der Waals surface area (Å²) in [4.78, 5) is 18.2. The van der Waals surface area contributed by atoms with Gasteiger partial charge in [-0.05, 0) is 62.4 Å². The molecule has 8 heteroatoms. The molecule has 0 atom stereocenters. The molecule has 0 aliphatic carbocycles. The quantitative estimate of drug-likeness (QED) is 0.242. The average Bonchev–Trinajstić information content (AvgIpc) is 3.29. The van der Waals surface area contributed by atoms with Gasteiger partial charge in [0.15, 0.2) is 5.76 Å². The van der Waals surface area contributed by atoms with Gasteiger partial charge in [-0.3, -0.25) is 4.79 Å². The molecule has 0 aliphatic heterocycles. The van der Waals surface area contributed by atoms with Gasteiger partial charge in [-0.2, -0.15) is 9.78 Å². The maximum absolute atomic E-state index is 13.5. The largest absolute Gasteiger partial charge is 0.496 e. The van der Waals surface area contributed by atoms with Crippen LogP contribution in [0.5, 0.6) is 11.5 Å². The number of benzene rings is 3. The summed E-state index contributed by atoms with van der Waals surface area (Å²) in [6.07, 6.45) is 1.57. The second kappa shape index (κ2) is 9.38. The molecule has 3 aromatic carbocycles. The predicted octanol–water partition coefficient (Wildman–Crippen LogP) is 6.25. The van der Waals surface area contributed by atoms with Gasteiger partial charge in [0.25, 0.3) is 5.56 Å². The molecule has 7 nitrogen and oxygen atoms in total. The van der Waals surface area contributed by atoms with E-state index in [1.54, 1.807) is 31.5 Å². The summed E-state index contributed by atoms with van der Waals surface area (Å²) in [7, 11) is 1.60. The summed E-state index contributed by atoms with van der Waals surface area (Å²) in [5.74, 6) is 2.01. The van der Waals surface area contributed by atoms with Crippen LogP contribution in [0.4, 0.5) is 0 Å². The Morgan fingerprint density at radius 3 is 2.66 bits per heavy atom. The topological polar surface area (TPSA) is 78.9 Å². The first-order valence-corrected chi connectivity index (χ1v) is 11.8. The first-order valence-electron chi connectivity index (χ1n) is 11.0. The van der Waals surface area contributed by atoms with Gasteiger partial charge in [0.2, 0.25) is 5.82 Å². The molecule has 0 unspecified atom stereocenters. The van der Waals surface area contributed by atoms with Crippen molar-refractivity contribution < 1.29 is 13.9 Å². The van der Waals surface area contributed by atoms with E-state index in [1.165, 1.54) is 4.68 Å². The molecule has 35 heavy (non-hydrogen) atoms. The summed E-state index contributed by atoms with van der Waals surface area (Å²) in [6, 6.07) is 20.1. The lowest BCUT2D eigenvalue weighted by Crippen LogP contribution is -2.20. The second-order valence-corrected chi connectivity index (χ2v) is 9.06. The summed E-state index contributed by atoms with van der Waals surface area (Å²) in [5, 5.41) is 5.78. The highest BCUT2D eigenvalue weighted by Crippen LogP contribution is 2.33. The van der Waals surface area contributed by atoms with Crippen LogP contribution in [0.2, 0.25) is 0 Å². The van der Waals surface area contributed by atoms with Crippen LogP contribution >= 0.6 is 15.9 Å². The molecular weight excluding hydrogens is 510 g/mol. The van der Waals surface area contributed by atoms with Crippen molar-refractivity contribution in [1.82, 2.24) is 9.66 Å². The summed E-state index contributed by atoms with van der Waals surface area (Å²) >= 11 is 3.50. The summed E-state index contributed by atoms with van der Waals surface area (Å²) < 4.78 is 19.6. The Hall–Kier alpha value is -3.91. The highest BCUT2D eigenvalue weighted by molar-refractivity contribution is 9.10. The fourth-order valence-electron chi connectivity index (χ4n) is 3.81. The average molecular weight is 532 g/mol. The van der Waals surface area contributed by atoms with Crippen molar-refractivity contribution >= 4 is 44.0 Å². The maximum atomic E-state index is 13.5. The van der Waals surface area contributed by atoms with Gasteiger partial charge in [0.1, 0.15) is 17.1 Å². The van der Waals surface area contributed by atoms with Crippen molar-refractivity contribution in [3.63, 3.8) is 0 Å². The zero-order valence-corrected chi connectivity index (χ0v) is 20.9. The van der Waals surface area contributed by atoms with E-state index in [-0.39, 0.29) is 17.5 Å². The molecule has 2 heterocycles. The smallest absolute Gasteiger partial charge is 0.282 e. The van der Waals surface area contributed by atoms with Crippen LogP contribution < -0.4 is 15.0 Å². The number of fused-ring (bicyclic) bond motifs is 2. The lowest BCUT2D eigenvalue weighted by molar-refractivity contribution is 0.242. The zero-order valence-electron chi connectivity index (χ0n) is 19.4. The van der Waals surface area contributed by atoms with Crippen LogP contribution in [0.25, 0.3) is 33.5 Å². The molecule has 5 rings (SSSR count). The Bertz CT molecular complexity index is 1640. The SMILES string of the molecule is COc1cccc2oc(-c3nc4ccccc4c(=O)n3N=Cc3cc(Br)ccc3OC(C)C)cc12. The first-order chi connectivity index (χ1) is 16.9. The molecule has 0 spiro atoms. The lowest BCUT2D eigenvalue weighted by atomic mass is 10.2. The highest BCUT2D eigenvalue weighted by Gasteiger charge is 2.18. The Balaban J connectivity index is 1.72. The molecule has 176 valence electrons. The molecule has 0 saturated heterocycles. The Morgan fingerprint density at radius 1 is 1.03 bits per heavy atom. The summed E-state index contributed by atoms with van der Waals surface area (Å²) in [5.41, 5.74) is 1.58. The van der Waals surface area contributed by atoms with Gasteiger partial charge in [-0.15, -0.1) is 0 Å². The van der Waals surface area contributed by atoms with Crippen LogP contribution in [0.3, 0.4) is 0 Å². The fourth-order valence-corrected chi connectivity index (χ4v) is 4.19. The molecule has 0 radical (unpaired) electrons. The number of hydrogen-bond donors (Lipinski definition) is 0. The third kappa shape index (κ3) is 4.44. The van der Waals surface area contributed by atoms with Gasteiger partial charge in [-0.25, -0.2) is 4.98 Å². The Labute approximate surface area is 209 Å². The number of furan rings is 1. The molecule has 5 aromatic rings. The summed E-state index contributed by atoms with van der Waals surface area (Å²) in [6.45, 7) is 3.91. The molecule has 0 saturated carbocycles. The van der Waals surface area contributed by atoms with E-state index in [9.17, 15) is 4.79 Å². The van der Waals surface area contributed by atoms with Crippen molar-refractivity contribution in [3.05, 3.63) is 87.1 Å². The molecule has 0 fully saturated rings. The van der Waals surface area contributed by atoms with Crippen LogP contribution in [-0.4, -0.2) is 29.1 Å². The molecule has 0 N–H and O–H groups in total. The van der Waals surface area contributed by atoms with Crippen molar-refractivity contribution in [2.24, 2.45) is 5.10 Å². The van der Waals surface area contributed by atoms with Gasteiger partial charge in [-0.1, -0.05) is 34.1 Å². The van der Waals surface area contributed by atoms with E-state index in [1.807, 2.05) is 62.4 Å². The normalized spacial score (nSPS) is 11.7. The number of para-hydroxylation sites is 1. The van der Waals surface area contributed by atoms with Crippen LogP contribution in [-0.2, 0) is 0 Å². The molecular formula is C27H22BrN3O4. The van der Waals surface area contributed by atoms with Gasteiger partial charge < -0.3 is 13.9 Å². The van der Waals surface area contributed by atoms with Crippen LogP contribution in [0.15, 0.2) is 85.5 Å².